The Bertz CT molecular complexity index is 467. The van der Waals surface area contributed by atoms with Gasteiger partial charge in [0.15, 0.2) is 0 Å². The van der Waals surface area contributed by atoms with Crippen LogP contribution in [0.5, 0.6) is 0 Å². The van der Waals surface area contributed by atoms with E-state index in [1.807, 2.05) is 0 Å². The number of alkyl halides is 3. The van der Waals surface area contributed by atoms with Gasteiger partial charge in [0.2, 0.25) is 0 Å². The van der Waals surface area contributed by atoms with Crippen molar-refractivity contribution in [1.29, 1.82) is 0 Å². The van der Waals surface area contributed by atoms with Gasteiger partial charge in [0, 0.05) is 10.5 Å². The Morgan fingerprint density at radius 3 is 2.67 bits per heavy atom. The number of carbonyl (C=O) groups excluding carboxylic acids is 1. The van der Waals surface area contributed by atoms with Crippen LogP contribution >= 0.6 is 15.9 Å². The quantitative estimate of drug-likeness (QED) is 0.620. The summed E-state index contributed by atoms with van der Waals surface area (Å²) in [5, 5.41) is 0. The predicted octanol–water partition coefficient (Wildman–Crippen LogP) is 4.04. The molecular weight excluding hydrogens is 313 g/mol. The third kappa shape index (κ3) is 4.18. The summed E-state index contributed by atoms with van der Waals surface area (Å²) in [7, 11) is 0. The number of esters is 1. The van der Waals surface area contributed by atoms with E-state index in [-0.39, 0.29) is 16.6 Å². The SMILES string of the molecule is CCOC(=O)C=Cc1ccc(Br)c(C(F)(F)F)c1. The van der Waals surface area contributed by atoms with E-state index in [1.165, 1.54) is 18.2 Å². The Morgan fingerprint density at radius 2 is 2.11 bits per heavy atom. The molecule has 98 valence electrons. The van der Waals surface area contributed by atoms with Gasteiger partial charge in [-0.2, -0.15) is 13.2 Å². The Morgan fingerprint density at radius 1 is 1.44 bits per heavy atom. The second-order valence-electron chi connectivity index (χ2n) is 3.32. The summed E-state index contributed by atoms with van der Waals surface area (Å²) in [5.74, 6) is -0.589. The molecule has 0 fully saturated rings. The van der Waals surface area contributed by atoms with Gasteiger partial charge in [0.25, 0.3) is 0 Å². The second-order valence-corrected chi connectivity index (χ2v) is 4.18. The topological polar surface area (TPSA) is 26.3 Å². The molecule has 0 aliphatic carbocycles. The molecule has 0 aromatic heterocycles. The zero-order valence-electron chi connectivity index (χ0n) is 9.42. The number of benzene rings is 1. The van der Waals surface area contributed by atoms with Crippen LogP contribution in [-0.2, 0) is 15.7 Å². The van der Waals surface area contributed by atoms with E-state index in [0.29, 0.717) is 0 Å². The minimum Gasteiger partial charge on any atom is -0.463 e. The molecule has 0 heterocycles. The first-order chi connectivity index (χ1) is 8.34. The van der Waals surface area contributed by atoms with Crippen molar-refractivity contribution in [3.8, 4) is 0 Å². The van der Waals surface area contributed by atoms with Crippen molar-refractivity contribution in [3.05, 3.63) is 39.9 Å². The molecule has 0 radical (unpaired) electrons. The lowest BCUT2D eigenvalue weighted by Gasteiger charge is -2.09. The van der Waals surface area contributed by atoms with E-state index < -0.39 is 17.7 Å². The first kappa shape index (κ1) is 14.8. The summed E-state index contributed by atoms with van der Waals surface area (Å²) >= 11 is 2.84. The Kier molecular flexibility index (Phi) is 4.95. The molecule has 0 aliphatic heterocycles. The van der Waals surface area contributed by atoms with Gasteiger partial charge in [0.1, 0.15) is 0 Å². The van der Waals surface area contributed by atoms with Crippen LogP contribution in [0.25, 0.3) is 6.08 Å². The van der Waals surface area contributed by atoms with Gasteiger partial charge in [-0.05, 0) is 30.7 Å². The third-order valence-electron chi connectivity index (χ3n) is 1.99. The van der Waals surface area contributed by atoms with Crippen molar-refractivity contribution >= 4 is 28.0 Å². The molecule has 0 aliphatic rings. The molecule has 6 heteroatoms. The molecule has 0 atom stereocenters. The molecule has 18 heavy (non-hydrogen) atoms. The van der Waals surface area contributed by atoms with Crippen molar-refractivity contribution in [2.24, 2.45) is 0 Å². The van der Waals surface area contributed by atoms with Crippen LogP contribution in [0.3, 0.4) is 0 Å². The minimum absolute atomic E-state index is 0.0386. The van der Waals surface area contributed by atoms with Crippen molar-refractivity contribution in [2.45, 2.75) is 13.1 Å². The van der Waals surface area contributed by atoms with E-state index in [2.05, 4.69) is 20.7 Å². The highest BCUT2D eigenvalue weighted by molar-refractivity contribution is 9.10. The van der Waals surface area contributed by atoms with Crippen LogP contribution in [0.4, 0.5) is 13.2 Å². The molecule has 0 N–H and O–H groups in total. The van der Waals surface area contributed by atoms with Gasteiger partial charge in [-0.15, -0.1) is 0 Å². The maximum Gasteiger partial charge on any atom is 0.417 e. The summed E-state index contributed by atoms with van der Waals surface area (Å²) in [4.78, 5) is 11.0. The van der Waals surface area contributed by atoms with Crippen molar-refractivity contribution in [2.75, 3.05) is 6.61 Å². The standard InChI is InChI=1S/C12H10BrF3O2/c1-2-18-11(17)6-4-8-3-5-10(13)9(7-8)12(14,15)16/h3-7H,2H2,1H3. The summed E-state index contributed by atoms with van der Waals surface area (Å²) in [6.07, 6.45) is -2.07. The summed E-state index contributed by atoms with van der Waals surface area (Å²) in [6, 6.07) is 3.71. The zero-order chi connectivity index (χ0) is 13.8. The lowest BCUT2D eigenvalue weighted by molar-refractivity contribution is -0.138. The molecule has 0 saturated carbocycles. The number of rotatable bonds is 3. The van der Waals surface area contributed by atoms with E-state index in [1.54, 1.807) is 6.92 Å². The molecule has 0 bridgehead atoms. The van der Waals surface area contributed by atoms with Crippen LogP contribution in [0.1, 0.15) is 18.1 Å². The Balaban J connectivity index is 2.96. The Hall–Kier alpha value is -1.30. The van der Waals surface area contributed by atoms with Crippen molar-refractivity contribution in [1.82, 2.24) is 0 Å². The molecule has 1 rings (SSSR count). The van der Waals surface area contributed by atoms with Gasteiger partial charge in [-0.3, -0.25) is 0 Å². The summed E-state index contributed by atoms with van der Waals surface area (Å²) in [5.41, 5.74) is -0.507. The highest BCUT2D eigenvalue weighted by atomic mass is 79.9. The molecule has 1 aromatic carbocycles. The summed E-state index contributed by atoms with van der Waals surface area (Å²) < 4.78 is 42.4. The highest BCUT2D eigenvalue weighted by Crippen LogP contribution is 2.35. The maximum absolute atomic E-state index is 12.6. The van der Waals surface area contributed by atoms with Crippen LogP contribution in [-0.4, -0.2) is 12.6 Å². The average molecular weight is 323 g/mol. The van der Waals surface area contributed by atoms with E-state index in [4.69, 9.17) is 0 Å². The highest BCUT2D eigenvalue weighted by Gasteiger charge is 2.32. The number of ether oxygens (including phenoxy) is 1. The first-order valence-electron chi connectivity index (χ1n) is 5.06. The van der Waals surface area contributed by atoms with Gasteiger partial charge < -0.3 is 4.74 Å². The number of hydrogen-bond acceptors (Lipinski definition) is 2. The predicted molar refractivity (Wildman–Crippen MR) is 64.8 cm³/mol. The van der Waals surface area contributed by atoms with Gasteiger partial charge in [-0.25, -0.2) is 4.79 Å². The van der Waals surface area contributed by atoms with Crippen molar-refractivity contribution < 1.29 is 22.7 Å². The molecule has 0 saturated heterocycles. The molecule has 0 spiro atoms. The minimum atomic E-state index is -4.44. The molecule has 0 amide bonds. The normalized spacial score (nSPS) is 11.8. The number of hydrogen-bond donors (Lipinski definition) is 0. The fraction of sp³-hybridized carbons (Fsp3) is 0.250. The van der Waals surface area contributed by atoms with Gasteiger partial charge in [-0.1, -0.05) is 22.0 Å². The largest absolute Gasteiger partial charge is 0.463 e. The van der Waals surface area contributed by atoms with Crippen LogP contribution in [0, 0.1) is 0 Å². The second kappa shape index (κ2) is 6.04. The Labute approximate surface area is 111 Å². The van der Waals surface area contributed by atoms with Crippen LogP contribution in [0.15, 0.2) is 28.7 Å². The van der Waals surface area contributed by atoms with E-state index in [9.17, 15) is 18.0 Å². The number of carbonyl (C=O) groups is 1. The smallest absolute Gasteiger partial charge is 0.417 e. The van der Waals surface area contributed by atoms with Gasteiger partial charge >= 0.3 is 12.1 Å². The monoisotopic (exact) mass is 322 g/mol. The maximum atomic E-state index is 12.6. The lowest BCUT2D eigenvalue weighted by atomic mass is 10.1. The van der Waals surface area contributed by atoms with E-state index >= 15 is 0 Å². The van der Waals surface area contributed by atoms with Crippen LogP contribution < -0.4 is 0 Å². The lowest BCUT2D eigenvalue weighted by Crippen LogP contribution is -2.06. The third-order valence-corrected chi connectivity index (χ3v) is 2.69. The molecule has 2 nitrogen and oxygen atoms in total. The molecule has 0 unspecified atom stereocenters. The van der Waals surface area contributed by atoms with Crippen LogP contribution in [0.2, 0.25) is 0 Å². The summed E-state index contributed by atoms with van der Waals surface area (Å²) in [6.45, 7) is 1.87. The number of halogens is 4. The fourth-order valence-electron chi connectivity index (χ4n) is 1.22. The first-order valence-corrected chi connectivity index (χ1v) is 5.85. The zero-order valence-corrected chi connectivity index (χ0v) is 11.0. The average Bonchev–Trinajstić information content (AvgIpc) is 2.27. The fourth-order valence-corrected chi connectivity index (χ4v) is 1.69. The van der Waals surface area contributed by atoms with Gasteiger partial charge in [0.05, 0.1) is 12.2 Å². The van der Waals surface area contributed by atoms with E-state index in [0.717, 1.165) is 12.1 Å². The molecule has 1 aromatic rings. The molecular formula is C12H10BrF3O2. The van der Waals surface area contributed by atoms with Crippen molar-refractivity contribution in [3.63, 3.8) is 0 Å².